The van der Waals surface area contributed by atoms with Gasteiger partial charge >= 0.3 is 5.97 Å². The smallest absolute Gasteiger partial charge is 0.313 e. The van der Waals surface area contributed by atoms with E-state index in [0.29, 0.717) is 12.8 Å². The molecule has 3 heterocycles. The van der Waals surface area contributed by atoms with Crippen LogP contribution in [0.25, 0.3) is 0 Å². The molecule has 6 N–H and O–H groups in total. The second-order valence-electron chi connectivity index (χ2n) is 9.79. The number of aliphatic hydroxyl groups is 6. The van der Waals surface area contributed by atoms with Gasteiger partial charge in [-0.25, -0.2) is 0 Å². The fourth-order valence-corrected chi connectivity index (χ4v) is 5.15. The van der Waals surface area contributed by atoms with E-state index >= 15 is 0 Å². The zero-order chi connectivity index (χ0) is 25.3. The molecule has 3 fully saturated rings. The number of fused-ring (bicyclic) bond motifs is 1. The first-order valence-electron chi connectivity index (χ1n) is 12.2. The van der Waals surface area contributed by atoms with E-state index in [-0.39, 0.29) is 31.2 Å². The zero-order valence-corrected chi connectivity index (χ0v) is 19.6. The van der Waals surface area contributed by atoms with Gasteiger partial charge in [0.1, 0.15) is 42.2 Å². The third kappa shape index (κ3) is 5.28. The van der Waals surface area contributed by atoms with Gasteiger partial charge in [-0.05, 0) is 12.8 Å². The Labute approximate surface area is 203 Å². The van der Waals surface area contributed by atoms with Gasteiger partial charge in [-0.3, -0.25) is 4.79 Å². The number of esters is 1. The highest BCUT2D eigenvalue weighted by atomic mass is 16.7. The normalized spacial score (nSPS) is 47.6. The van der Waals surface area contributed by atoms with Crippen LogP contribution in [0.1, 0.15) is 32.6 Å². The summed E-state index contributed by atoms with van der Waals surface area (Å²) in [5, 5.41) is 60.8. The maximum Gasteiger partial charge on any atom is 0.313 e. The Morgan fingerprint density at radius 3 is 2.57 bits per heavy atom. The Balaban J connectivity index is 1.41. The van der Waals surface area contributed by atoms with Crippen LogP contribution in [0.2, 0.25) is 0 Å². The fraction of sp³-hybridized carbons (Fsp3) is 0.870. The molecule has 4 aliphatic rings. The minimum atomic E-state index is -1.88. The highest BCUT2D eigenvalue weighted by Gasteiger charge is 2.53. The van der Waals surface area contributed by atoms with Gasteiger partial charge in [0.2, 0.25) is 0 Å². The number of hydrogen-bond acceptors (Lipinski definition) is 12. The molecule has 0 aromatic rings. The van der Waals surface area contributed by atoms with E-state index in [0.717, 1.165) is 12.8 Å². The largest absolute Gasteiger partial charge is 0.461 e. The van der Waals surface area contributed by atoms with Crippen LogP contribution >= 0.6 is 0 Å². The summed E-state index contributed by atoms with van der Waals surface area (Å²) in [6, 6.07) is 0. The van der Waals surface area contributed by atoms with E-state index in [1.807, 2.05) is 19.1 Å². The maximum atomic E-state index is 12.4. The number of cyclic esters (lactones) is 1. The van der Waals surface area contributed by atoms with Gasteiger partial charge in [0, 0.05) is 5.92 Å². The molecular formula is C23H36O12. The summed E-state index contributed by atoms with van der Waals surface area (Å²) < 4.78 is 28.0. The fourth-order valence-electron chi connectivity index (χ4n) is 5.15. The number of hydrogen-bond donors (Lipinski definition) is 6. The lowest BCUT2D eigenvalue weighted by Gasteiger charge is -2.43. The van der Waals surface area contributed by atoms with Gasteiger partial charge < -0.3 is 54.3 Å². The summed E-state index contributed by atoms with van der Waals surface area (Å²) in [4.78, 5) is 12.4. The average Bonchev–Trinajstić information content (AvgIpc) is 3.34. The predicted molar refractivity (Wildman–Crippen MR) is 115 cm³/mol. The van der Waals surface area contributed by atoms with Crippen LogP contribution in [0.4, 0.5) is 0 Å². The number of aliphatic hydroxyl groups excluding tert-OH is 5. The van der Waals surface area contributed by atoms with E-state index in [1.165, 1.54) is 0 Å². The Bertz CT molecular complexity index is 763. The molecular weight excluding hydrogens is 468 g/mol. The van der Waals surface area contributed by atoms with Gasteiger partial charge in [0.25, 0.3) is 0 Å². The van der Waals surface area contributed by atoms with Crippen molar-refractivity contribution in [2.75, 3.05) is 19.8 Å². The summed E-state index contributed by atoms with van der Waals surface area (Å²) in [7, 11) is 0. The Morgan fingerprint density at radius 1 is 1.11 bits per heavy atom. The van der Waals surface area contributed by atoms with Crippen LogP contribution in [0, 0.1) is 11.8 Å². The van der Waals surface area contributed by atoms with Crippen LogP contribution in [0.15, 0.2) is 12.2 Å². The summed E-state index contributed by atoms with van der Waals surface area (Å²) in [6.07, 6.45) is -4.30. The molecule has 0 aromatic heterocycles. The van der Waals surface area contributed by atoms with Gasteiger partial charge in [-0.1, -0.05) is 31.9 Å². The molecule has 0 radical (unpaired) electrons. The lowest BCUT2D eigenvalue weighted by molar-refractivity contribution is -0.323. The van der Waals surface area contributed by atoms with Crippen molar-refractivity contribution in [2.24, 2.45) is 11.8 Å². The Morgan fingerprint density at radius 2 is 1.89 bits per heavy atom. The van der Waals surface area contributed by atoms with Crippen LogP contribution in [0.3, 0.4) is 0 Å². The van der Waals surface area contributed by atoms with Gasteiger partial charge in [-0.2, -0.15) is 0 Å². The van der Waals surface area contributed by atoms with Crippen LogP contribution in [0.5, 0.6) is 0 Å². The third-order valence-corrected chi connectivity index (χ3v) is 7.35. The van der Waals surface area contributed by atoms with E-state index in [1.54, 1.807) is 0 Å². The minimum Gasteiger partial charge on any atom is -0.461 e. The predicted octanol–water partition coefficient (Wildman–Crippen LogP) is -2.06. The number of ether oxygens (including phenoxy) is 5. The zero-order valence-electron chi connectivity index (χ0n) is 19.6. The second kappa shape index (κ2) is 11.1. The van der Waals surface area contributed by atoms with Gasteiger partial charge in [-0.15, -0.1) is 0 Å². The Hall–Kier alpha value is -1.19. The molecule has 0 aromatic carbocycles. The van der Waals surface area contributed by atoms with Gasteiger partial charge in [0.05, 0.1) is 31.8 Å². The molecule has 3 saturated heterocycles. The summed E-state index contributed by atoms with van der Waals surface area (Å²) in [5.74, 6) is -1.05. The summed E-state index contributed by atoms with van der Waals surface area (Å²) in [5.41, 5.74) is -1.88. The first-order valence-corrected chi connectivity index (χ1v) is 12.2. The summed E-state index contributed by atoms with van der Waals surface area (Å²) in [6.45, 7) is 0.588. The van der Waals surface area contributed by atoms with Crippen LogP contribution in [-0.4, -0.2) is 117 Å². The topological polar surface area (TPSA) is 185 Å². The standard InChI is InChI=1S/C23H36O12/c1-2-3-6-12-15-11(20(29)33-12)5-4-7-13(15)34-21-18(27)17(26)16(25)14(35-21)8-31-22-19(28)23(30,9-24)10-32-22/h4-5,11-19,21-22,24-28,30H,2-3,6-10H2,1H3/t11?,12?,13?,14-,15?,16-,17+,18-,19+,21-,22-,23-/m1/s1. The van der Waals surface area contributed by atoms with Crippen molar-refractivity contribution in [3.8, 4) is 0 Å². The van der Waals surface area contributed by atoms with Crippen LogP contribution in [-0.2, 0) is 28.5 Å². The van der Waals surface area contributed by atoms with Gasteiger partial charge in [0.15, 0.2) is 12.6 Å². The first-order chi connectivity index (χ1) is 16.7. The molecule has 200 valence electrons. The minimum absolute atomic E-state index is 0.272. The molecule has 1 aliphatic carbocycles. The highest BCUT2D eigenvalue weighted by molar-refractivity contribution is 5.77. The number of carbonyl (C=O) groups is 1. The van der Waals surface area contributed by atoms with Crippen LogP contribution < -0.4 is 0 Å². The molecule has 12 heteroatoms. The van der Waals surface area contributed by atoms with Crippen molar-refractivity contribution in [3.05, 3.63) is 12.2 Å². The van der Waals surface area contributed by atoms with E-state index < -0.39 is 67.3 Å². The quantitative estimate of drug-likeness (QED) is 0.149. The van der Waals surface area contributed by atoms with E-state index in [2.05, 4.69) is 0 Å². The highest BCUT2D eigenvalue weighted by Crippen LogP contribution is 2.41. The number of rotatable bonds is 9. The molecule has 0 bridgehead atoms. The first kappa shape index (κ1) is 26.9. The third-order valence-electron chi connectivity index (χ3n) is 7.35. The monoisotopic (exact) mass is 504 g/mol. The number of carbonyl (C=O) groups excluding carboxylic acids is 1. The SMILES string of the molecule is CCCCC1OC(=O)C2C=CCC(O[C@@H]3O[C@H](CO[C@@H]4OC[C@](O)(CO)[C@H]4O)[C@@H](O)[C@H](O)[C@H]3O)C12. The number of unbranched alkanes of at least 4 members (excludes halogenated alkanes) is 1. The molecule has 3 aliphatic heterocycles. The summed E-state index contributed by atoms with van der Waals surface area (Å²) >= 11 is 0. The molecule has 4 rings (SSSR count). The van der Waals surface area contributed by atoms with Crippen molar-refractivity contribution in [2.45, 2.75) is 93.5 Å². The van der Waals surface area contributed by atoms with E-state index in [9.17, 15) is 35.4 Å². The lowest BCUT2D eigenvalue weighted by Crippen LogP contribution is -2.60. The Kier molecular flexibility index (Phi) is 8.48. The maximum absolute atomic E-state index is 12.4. The van der Waals surface area contributed by atoms with Crippen molar-refractivity contribution < 1.29 is 59.1 Å². The molecule has 12 atom stereocenters. The molecule has 0 spiro atoms. The van der Waals surface area contributed by atoms with Crippen molar-refractivity contribution in [1.29, 1.82) is 0 Å². The van der Waals surface area contributed by atoms with Crippen molar-refractivity contribution >= 4 is 5.97 Å². The van der Waals surface area contributed by atoms with Crippen molar-refractivity contribution in [3.63, 3.8) is 0 Å². The molecule has 12 nitrogen and oxygen atoms in total. The lowest BCUT2D eigenvalue weighted by atomic mass is 9.79. The average molecular weight is 505 g/mol. The molecule has 4 unspecified atom stereocenters. The van der Waals surface area contributed by atoms with E-state index in [4.69, 9.17) is 23.7 Å². The second-order valence-corrected chi connectivity index (χ2v) is 9.79. The molecule has 35 heavy (non-hydrogen) atoms. The van der Waals surface area contributed by atoms with Crippen molar-refractivity contribution in [1.82, 2.24) is 0 Å². The molecule has 0 amide bonds. The molecule has 0 saturated carbocycles.